The van der Waals surface area contributed by atoms with E-state index < -0.39 is 0 Å². The molecule has 0 aliphatic carbocycles. The molecule has 0 radical (unpaired) electrons. The second-order valence-electron chi connectivity index (χ2n) is 25.5. The highest BCUT2D eigenvalue weighted by Crippen LogP contribution is 2.53. The van der Waals surface area contributed by atoms with Crippen LogP contribution in [0.3, 0.4) is 0 Å². The predicted octanol–water partition coefficient (Wildman–Crippen LogP) is 20.5. The molecule has 15 aromatic rings. The van der Waals surface area contributed by atoms with Gasteiger partial charge in [-0.1, -0.05) is 272 Å². The molecule has 8 heteroatoms. The maximum Gasteiger partial charge on any atom is 0.252 e. The first-order valence-electron chi connectivity index (χ1n) is 33.7. The fourth-order valence-corrected chi connectivity index (χ4v) is 17.1. The third-order valence-corrected chi connectivity index (χ3v) is 21.1. The van der Waals surface area contributed by atoms with Crippen LogP contribution in [0, 0.1) is 0 Å². The Hall–Kier alpha value is -12.2. The maximum atomic E-state index is 2.65. The van der Waals surface area contributed by atoms with Gasteiger partial charge in [-0.3, -0.25) is 0 Å². The molecule has 98 heavy (non-hydrogen) atoms. The van der Waals surface area contributed by atoms with Crippen LogP contribution < -0.4 is 57.3 Å². The van der Waals surface area contributed by atoms with Crippen molar-refractivity contribution in [2.24, 2.45) is 0 Å². The Morgan fingerprint density at radius 3 is 1.20 bits per heavy atom. The number of hydrogen-bond donors (Lipinski definition) is 0. The number of anilines is 15. The highest BCUT2D eigenvalue weighted by atomic mass is 32.2. The van der Waals surface area contributed by atoms with E-state index in [2.05, 4.69) is 395 Å². The number of hydrogen-bond acceptors (Lipinski definition) is 6. The molecule has 0 amide bonds. The monoisotopic (exact) mass is 1270 g/mol. The number of benzene rings is 15. The van der Waals surface area contributed by atoms with Crippen LogP contribution in [-0.4, -0.2) is 13.4 Å². The number of rotatable bonds is 12. The van der Waals surface area contributed by atoms with E-state index in [1.165, 1.54) is 59.5 Å². The van der Waals surface area contributed by atoms with E-state index in [9.17, 15) is 0 Å². The van der Waals surface area contributed by atoms with Crippen LogP contribution in [0.4, 0.5) is 85.3 Å². The molecule has 0 saturated carbocycles. The van der Waals surface area contributed by atoms with Crippen LogP contribution in [0.15, 0.2) is 380 Å². The molecule has 19 rings (SSSR count). The van der Waals surface area contributed by atoms with Crippen LogP contribution in [0.2, 0.25) is 0 Å². The standard InChI is InChI=1S/C90H61B2N5S/c1-8-30-62(31-9-1)63-52-54-70(55-53-63)94(79-48-26-22-44-73(79)64-32-10-2-11-33-64)71-56-84-89-85(57-71)97(80-49-27-23-45-74(80)65-34-12-3-13-35-65)83-61-87-78(60-77(83)91(89)75-46-24-28-50-81(75)95(84)68-40-18-6-19-41-68)92-76-47-25-29-51-82(76)96(69-42-20-7-21-43-69)86-58-72(59-88(98-87)90(86)92)93(66-36-14-4-15-37-66)67-38-16-5-17-39-67/h1-61H. The van der Waals surface area contributed by atoms with Gasteiger partial charge < -0.3 is 24.5 Å². The summed E-state index contributed by atoms with van der Waals surface area (Å²) >= 11 is 1.91. The van der Waals surface area contributed by atoms with Crippen molar-refractivity contribution in [3.63, 3.8) is 0 Å². The van der Waals surface area contributed by atoms with Crippen molar-refractivity contribution in [3.8, 4) is 33.4 Å². The van der Waals surface area contributed by atoms with Gasteiger partial charge in [0.1, 0.15) is 0 Å². The quantitative estimate of drug-likeness (QED) is 0.113. The van der Waals surface area contributed by atoms with Crippen LogP contribution >= 0.6 is 11.8 Å². The van der Waals surface area contributed by atoms with Gasteiger partial charge in [-0.25, -0.2) is 0 Å². The molecule has 4 heterocycles. The third-order valence-electron chi connectivity index (χ3n) is 20.0. The minimum absolute atomic E-state index is 0.104. The fraction of sp³-hybridized carbons (Fsp3) is 0. The summed E-state index contributed by atoms with van der Waals surface area (Å²) in [6, 6.07) is 137. The number of para-hydroxylation sites is 8. The lowest BCUT2D eigenvalue weighted by molar-refractivity contribution is 1.22. The minimum Gasteiger partial charge on any atom is -0.311 e. The minimum atomic E-state index is -0.181. The first-order chi connectivity index (χ1) is 48.7. The van der Waals surface area contributed by atoms with Crippen LogP contribution in [0.25, 0.3) is 33.4 Å². The van der Waals surface area contributed by atoms with Crippen molar-refractivity contribution in [2.45, 2.75) is 9.79 Å². The van der Waals surface area contributed by atoms with Gasteiger partial charge in [-0.15, -0.1) is 0 Å². The summed E-state index contributed by atoms with van der Waals surface area (Å²) in [5.41, 5.74) is 31.2. The summed E-state index contributed by atoms with van der Waals surface area (Å²) in [5.74, 6) is 0. The summed E-state index contributed by atoms with van der Waals surface area (Å²) in [5, 5.41) is 0. The zero-order valence-corrected chi connectivity index (χ0v) is 54.3. The summed E-state index contributed by atoms with van der Waals surface area (Å²) < 4.78 is 0. The van der Waals surface area contributed by atoms with Crippen molar-refractivity contribution in [1.29, 1.82) is 0 Å². The van der Waals surface area contributed by atoms with Crippen LogP contribution in [-0.2, 0) is 0 Å². The van der Waals surface area contributed by atoms with E-state index in [0.29, 0.717) is 0 Å². The Morgan fingerprint density at radius 2 is 0.633 bits per heavy atom. The van der Waals surface area contributed by atoms with Crippen molar-refractivity contribution in [3.05, 3.63) is 370 Å². The molecule has 0 aromatic heterocycles. The van der Waals surface area contributed by atoms with E-state index >= 15 is 0 Å². The Balaban J connectivity index is 0.908. The molecule has 0 N–H and O–H groups in total. The summed E-state index contributed by atoms with van der Waals surface area (Å²) in [6.45, 7) is -0.285. The smallest absolute Gasteiger partial charge is 0.252 e. The van der Waals surface area contributed by atoms with Gasteiger partial charge in [0.2, 0.25) is 6.71 Å². The van der Waals surface area contributed by atoms with Gasteiger partial charge in [0, 0.05) is 89.2 Å². The molecule has 0 saturated heterocycles. The second kappa shape index (κ2) is 23.9. The summed E-state index contributed by atoms with van der Waals surface area (Å²) in [7, 11) is 0. The van der Waals surface area contributed by atoms with Crippen LogP contribution in [0.5, 0.6) is 0 Å². The average molecular weight is 1270 g/mol. The van der Waals surface area contributed by atoms with E-state index in [-0.39, 0.29) is 13.4 Å². The molecule has 0 bridgehead atoms. The summed E-state index contributed by atoms with van der Waals surface area (Å²) in [6.07, 6.45) is 0. The molecule has 0 fully saturated rings. The lowest BCUT2D eigenvalue weighted by atomic mass is 9.31. The van der Waals surface area contributed by atoms with Crippen molar-refractivity contribution in [1.82, 2.24) is 0 Å². The molecule has 0 atom stereocenters. The molecule has 0 unspecified atom stereocenters. The highest BCUT2D eigenvalue weighted by molar-refractivity contribution is 8.00. The Labute approximate surface area is 577 Å². The van der Waals surface area contributed by atoms with Gasteiger partial charge in [-0.05, 0) is 165 Å². The van der Waals surface area contributed by atoms with Crippen LogP contribution in [0.1, 0.15) is 0 Å². The van der Waals surface area contributed by atoms with Crippen molar-refractivity contribution in [2.75, 3.05) is 24.5 Å². The topological polar surface area (TPSA) is 16.2 Å². The first-order valence-corrected chi connectivity index (χ1v) is 34.5. The third kappa shape index (κ3) is 9.50. The molecule has 0 spiro atoms. The van der Waals surface area contributed by atoms with E-state index in [0.717, 1.165) is 102 Å². The molecule has 458 valence electrons. The van der Waals surface area contributed by atoms with E-state index in [4.69, 9.17) is 0 Å². The molecule has 15 aromatic carbocycles. The predicted molar refractivity (Wildman–Crippen MR) is 416 cm³/mol. The Bertz CT molecular complexity index is 5480. The summed E-state index contributed by atoms with van der Waals surface area (Å²) in [4.78, 5) is 15.1. The largest absolute Gasteiger partial charge is 0.311 e. The maximum absolute atomic E-state index is 2.65. The molecule has 4 aliphatic heterocycles. The Kier molecular flexibility index (Phi) is 14.0. The lowest BCUT2D eigenvalue weighted by Gasteiger charge is -2.46. The number of nitrogens with zero attached hydrogens (tertiary/aromatic N) is 5. The average Bonchev–Trinajstić information content (AvgIpc) is 0.682. The lowest BCUT2D eigenvalue weighted by Crippen LogP contribution is -2.64. The van der Waals surface area contributed by atoms with Crippen molar-refractivity contribution >= 4 is 143 Å². The van der Waals surface area contributed by atoms with E-state index in [1.54, 1.807) is 0 Å². The van der Waals surface area contributed by atoms with Gasteiger partial charge >= 0.3 is 0 Å². The van der Waals surface area contributed by atoms with Gasteiger partial charge in [0.25, 0.3) is 6.71 Å². The van der Waals surface area contributed by atoms with Crippen molar-refractivity contribution < 1.29 is 0 Å². The zero-order chi connectivity index (χ0) is 64.6. The zero-order valence-electron chi connectivity index (χ0n) is 53.5. The highest BCUT2D eigenvalue weighted by Gasteiger charge is 2.48. The van der Waals surface area contributed by atoms with Gasteiger partial charge in [0.15, 0.2) is 0 Å². The van der Waals surface area contributed by atoms with Gasteiger partial charge in [0.05, 0.1) is 17.1 Å². The molecular weight excluding hydrogens is 1200 g/mol. The molecular formula is C90H61B2N5S. The SMILES string of the molecule is c1ccc(-c2ccc(N(c3cc4c5c(c3)N(c3ccccc3-c3ccccc3)c3cc6c(cc3B5c3ccccc3N4c3ccccc3)B3c4ccccc4N(c4ccccc4)c4cc(N(c5ccccc5)c5ccccc5)cc(c43)S6)c3ccccc3-c3ccccc3)cc2)cc1. The second-order valence-corrected chi connectivity index (χ2v) is 26.6. The fourth-order valence-electron chi connectivity index (χ4n) is 15.9. The van der Waals surface area contributed by atoms with Gasteiger partial charge in [-0.2, -0.15) is 0 Å². The molecule has 5 nitrogen and oxygen atoms in total. The first kappa shape index (κ1) is 57.2. The Morgan fingerprint density at radius 1 is 0.224 bits per heavy atom. The van der Waals surface area contributed by atoms with E-state index in [1.807, 2.05) is 11.8 Å². The molecule has 4 aliphatic rings. The normalized spacial score (nSPS) is 12.8. The number of fused-ring (bicyclic) bond motifs is 8.